The summed E-state index contributed by atoms with van der Waals surface area (Å²) in [5.74, 6) is 2.78. The van der Waals surface area contributed by atoms with E-state index in [0.717, 1.165) is 56.9 Å². The molecule has 2 aromatic rings. The molecule has 2 heterocycles. The molecule has 1 aromatic heterocycles. The van der Waals surface area contributed by atoms with Crippen molar-refractivity contribution in [2.24, 2.45) is 4.99 Å². The molecule has 1 aliphatic carbocycles. The van der Waals surface area contributed by atoms with Crippen molar-refractivity contribution in [3.8, 4) is 0 Å². The summed E-state index contributed by atoms with van der Waals surface area (Å²) in [5, 5.41) is 7.07. The molecular formula is C23H32N4O2. The molecule has 0 spiro atoms. The standard InChI is InChI=1S/C23H32N4O2/c1-18-8-9-21(29-18)20(27-12-14-28-15-13-27)16-25-22(24-2)26-17-23(10-11-23)19-6-4-3-5-7-19/h3-9,20H,10-17H2,1-2H3,(H2,24,25,26). The monoisotopic (exact) mass is 396 g/mol. The Labute approximate surface area is 173 Å². The van der Waals surface area contributed by atoms with E-state index in [-0.39, 0.29) is 11.5 Å². The van der Waals surface area contributed by atoms with Gasteiger partial charge in [-0.15, -0.1) is 0 Å². The lowest BCUT2D eigenvalue weighted by atomic mass is 9.96. The summed E-state index contributed by atoms with van der Waals surface area (Å²) in [7, 11) is 1.83. The number of furan rings is 1. The van der Waals surface area contributed by atoms with Crippen LogP contribution in [0.2, 0.25) is 0 Å². The molecule has 6 nitrogen and oxygen atoms in total. The number of ether oxygens (including phenoxy) is 1. The van der Waals surface area contributed by atoms with E-state index in [2.05, 4.69) is 56.9 Å². The van der Waals surface area contributed by atoms with Crippen LogP contribution >= 0.6 is 0 Å². The summed E-state index contributed by atoms with van der Waals surface area (Å²) < 4.78 is 11.5. The zero-order valence-electron chi connectivity index (χ0n) is 17.5. The number of guanidine groups is 1. The van der Waals surface area contributed by atoms with Gasteiger partial charge in [-0.3, -0.25) is 9.89 Å². The minimum atomic E-state index is 0.162. The normalized spacial score (nSPS) is 20.3. The van der Waals surface area contributed by atoms with Gasteiger partial charge in [-0.2, -0.15) is 0 Å². The largest absolute Gasteiger partial charge is 0.465 e. The number of hydrogen-bond acceptors (Lipinski definition) is 4. The fourth-order valence-corrected chi connectivity index (χ4v) is 4.11. The molecule has 1 aromatic carbocycles. The van der Waals surface area contributed by atoms with Crippen molar-refractivity contribution in [2.45, 2.75) is 31.2 Å². The van der Waals surface area contributed by atoms with E-state index in [1.54, 1.807) is 0 Å². The van der Waals surface area contributed by atoms with Gasteiger partial charge in [0.1, 0.15) is 11.5 Å². The first kappa shape index (κ1) is 20.0. The number of benzene rings is 1. The summed E-state index contributed by atoms with van der Waals surface area (Å²) in [4.78, 5) is 6.87. The second-order valence-corrected chi connectivity index (χ2v) is 8.07. The molecule has 1 atom stereocenters. The van der Waals surface area contributed by atoms with Crippen LogP contribution in [0.5, 0.6) is 0 Å². The van der Waals surface area contributed by atoms with Crippen LogP contribution in [0.15, 0.2) is 51.9 Å². The van der Waals surface area contributed by atoms with Gasteiger partial charge in [-0.25, -0.2) is 0 Å². The number of nitrogens with zero attached hydrogens (tertiary/aromatic N) is 2. The van der Waals surface area contributed by atoms with Gasteiger partial charge < -0.3 is 19.8 Å². The molecule has 2 N–H and O–H groups in total. The highest BCUT2D eigenvalue weighted by Gasteiger charge is 2.44. The second kappa shape index (κ2) is 9.01. The molecule has 1 aliphatic heterocycles. The highest BCUT2D eigenvalue weighted by molar-refractivity contribution is 5.79. The molecule has 0 amide bonds. The topological polar surface area (TPSA) is 62.0 Å². The average molecular weight is 397 g/mol. The molecule has 1 saturated carbocycles. The van der Waals surface area contributed by atoms with Gasteiger partial charge in [0, 0.05) is 38.6 Å². The first-order valence-electron chi connectivity index (χ1n) is 10.6. The lowest BCUT2D eigenvalue weighted by Crippen LogP contribution is -2.47. The molecule has 0 bridgehead atoms. The van der Waals surface area contributed by atoms with Crippen molar-refractivity contribution in [1.29, 1.82) is 0 Å². The van der Waals surface area contributed by atoms with Gasteiger partial charge in [0.15, 0.2) is 5.96 Å². The highest BCUT2D eigenvalue weighted by Crippen LogP contribution is 2.47. The van der Waals surface area contributed by atoms with Crippen molar-refractivity contribution >= 4 is 5.96 Å². The van der Waals surface area contributed by atoms with Crippen LogP contribution in [0.3, 0.4) is 0 Å². The Balaban J connectivity index is 1.37. The maximum atomic E-state index is 5.96. The number of rotatable bonds is 7. The Morgan fingerprint density at radius 1 is 1.10 bits per heavy atom. The number of aryl methyl sites for hydroxylation is 1. The van der Waals surface area contributed by atoms with Crippen molar-refractivity contribution in [3.63, 3.8) is 0 Å². The quantitative estimate of drug-likeness (QED) is 0.557. The Bertz CT molecular complexity index is 807. The minimum Gasteiger partial charge on any atom is -0.465 e. The Hall–Kier alpha value is -2.31. The smallest absolute Gasteiger partial charge is 0.191 e. The maximum absolute atomic E-state index is 5.96. The van der Waals surface area contributed by atoms with Gasteiger partial charge in [0.2, 0.25) is 0 Å². The van der Waals surface area contributed by atoms with Crippen LogP contribution in [-0.2, 0) is 10.2 Å². The van der Waals surface area contributed by atoms with Gasteiger partial charge in [-0.1, -0.05) is 30.3 Å². The third-order valence-electron chi connectivity index (χ3n) is 6.10. The van der Waals surface area contributed by atoms with Crippen molar-refractivity contribution in [3.05, 3.63) is 59.5 Å². The number of hydrogen-bond donors (Lipinski definition) is 2. The summed E-state index contributed by atoms with van der Waals surface area (Å²) in [6.07, 6.45) is 2.45. The van der Waals surface area contributed by atoms with Crippen LogP contribution in [0.4, 0.5) is 0 Å². The first-order chi connectivity index (χ1) is 14.2. The number of morpholine rings is 1. The molecule has 6 heteroatoms. The van der Waals surface area contributed by atoms with Crippen LogP contribution in [0.1, 0.15) is 36.0 Å². The van der Waals surface area contributed by atoms with E-state index < -0.39 is 0 Å². The lowest BCUT2D eigenvalue weighted by Gasteiger charge is -2.33. The minimum absolute atomic E-state index is 0.162. The Morgan fingerprint density at radius 2 is 1.86 bits per heavy atom. The molecule has 156 valence electrons. The van der Waals surface area contributed by atoms with E-state index in [0.29, 0.717) is 0 Å². The zero-order valence-corrected chi connectivity index (χ0v) is 17.5. The molecule has 4 rings (SSSR count). The molecule has 29 heavy (non-hydrogen) atoms. The average Bonchev–Trinajstić information content (AvgIpc) is 3.45. The van der Waals surface area contributed by atoms with Crippen molar-refractivity contribution < 1.29 is 9.15 Å². The van der Waals surface area contributed by atoms with E-state index in [1.807, 2.05) is 20.0 Å². The highest BCUT2D eigenvalue weighted by atomic mass is 16.5. The summed E-state index contributed by atoms with van der Waals surface area (Å²) in [6.45, 7) is 6.99. The van der Waals surface area contributed by atoms with Gasteiger partial charge in [-0.05, 0) is 37.5 Å². The maximum Gasteiger partial charge on any atom is 0.191 e. The third kappa shape index (κ3) is 4.82. The van der Waals surface area contributed by atoms with Crippen LogP contribution < -0.4 is 10.6 Å². The van der Waals surface area contributed by atoms with Crippen molar-refractivity contribution in [2.75, 3.05) is 46.4 Å². The molecule has 2 aliphatic rings. The number of aliphatic imine (C=N–C) groups is 1. The Morgan fingerprint density at radius 3 is 2.48 bits per heavy atom. The summed E-state index contributed by atoms with van der Waals surface area (Å²) in [6, 6.07) is 15.1. The lowest BCUT2D eigenvalue weighted by molar-refractivity contribution is 0.0124. The molecule has 1 saturated heterocycles. The fraction of sp³-hybridized carbons (Fsp3) is 0.522. The fourth-order valence-electron chi connectivity index (χ4n) is 4.11. The first-order valence-corrected chi connectivity index (χ1v) is 10.6. The van der Waals surface area contributed by atoms with E-state index in [4.69, 9.17) is 9.15 Å². The van der Waals surface area contributed by atoms with Crippen LogP contribution in [-0.4, -0.2) is 57.3 Å². The van der Waals surface area contributed by atoms with Crippen molar-refractivity contribution in [1.82, 2.24) is 15.5 Å². The van der Waals surface area contributed by atoms with Crippen LogP contribution in [0, 0.1) is 6.92 Å². The third-order valence-corrected chi connectivity index (χ3v) is 6.10. The predicted octanol–water partition coefficient (Wildman–Crippen LogP) is 2.86. The predicted molar refractivity (Wildman–Crippen MR) is 115 cm³/mol. The summed E-state index contributed by atoms with van der Waals surface area (Å²) >= 11 is 0. The van der Waals surface area contributed by atoms with E-state index in [9.17, 15) is 0 Å². The SMILES string of the molecule is CN=C(NCC(c1ccc(C)o1)N1CCOCC1)NCC1(c2ccccc2)CC1. The second-order valence-electron chi connectivity index (χ2n) is 8.07. The molecule has 2 fully saturated rings. The molecule has 1 unspecified atom stereocenters. The van der Waals surface area contributed by atoms with Gasteiger partial charge in [0.25, 0.3) is 0 Å². The Kier molecular flexibility index (Phi) is 6.21. The molecule has 0 radical (unpaired) electrons. The van der Waals surface area contributed by atoms with Gasteiger partial charge in [0.05, 0.1) is 19.3 Å². The molecular weight excluding hydrogens is 364 g/mol. The number of nitrogens with one attached hydrogen (secondary N) is 2. The van der Waals surface area contributed by atoms with E-state index in [1.165, 1.54) is 18.4 Å². The zero-order chi connectivity index (χ0) is 20.1. The van der Waals surface area contributed by atoms with Gasteiger partial charge >= 0.3 is 0 Å². The summed E-state index contributed by atoms with van der Waals surface area (Å²) in [5.41, 5.74) is 1.67. The van der Waals surface area contributed by atoms with E-state index >= 15 is 0 Å². The van der Waals surface area contributed by atoms with Crippen LogP contribution in [0.25, 0.3) is 0 Å².